The summed E-state index contributed by atoms with van der Waals surface area (Å²) in [7, 11) is 0. The second-order valence-corrected chi connectivity index (χ2v) is 2.19. The molecule has 0 aliphatic rings. The van der Waals surface area contributed by atoms with Crippen LogP contribution in [0.2, 0.25) is 0 Å². The largest absolute Gasteiger partial charge is 0.507 e. The molecule has 1 aromatic rings. The molecule has 0 unspecified atom stereocenters. The highest BCUT2D eigenvalue weighted by Crippen LogP contribution is 2.16. The first-order chi connectivity index (χ1) is 5.25. The number of carbonyl (C=O) groups excluding carboxylic acids is 1. The highest BCUT2D eigenvalue weighted by molar-refractivity contribution is 5.98. The summed E-state index contributed by atoms with van der Waals surface area (Å²) in [6.45, 7) is 3.44. The van der Waals surface area contributed by atoms with Crippen LogP contribution < -0.4 is 0 Å². The van der Waals surface area contributed by atoms with Crippen molar-refractivity contribution in [3.63, 3.8) is 0 Å². The first-order valence-electron chi connectivity index (χ1n) is 3.36. The first-order valence-corrected chi connectivity index (χ1v) is 3.36. The second-order valence-electron chi connectivity index (χ2n) is 2.19. The van der Waals surface area contributed by atoms with Gasteiger partial charge in [0.1, 0.15) is 5.75 Å². The number of rotatable bonds is 2. The Bertz CT molecular complexity index is 266. The molecule has 2 heteroatoms. The normalized spacial score (nSPS) is 9.55. The summed E-state index contributed by atoms with van der Waals surface area (Å²) in [4.78, 5) is 11.0. The number of hydrogen-bond acceptors (Lipinski definition) is 2. The number of para-hydroxylation sites is 1. The number of aromatic hydroxyl groups is 1. The third-order valence-electron chi connectivity index (χ3n) is 1.43. The van der Waals surface area contributed by atoms with Crippen LogP contribution in [0, 0.1) is 6.92 Å². The summed E-state index contributed by atoms with van der Waals surface area (Å²) in [5, 5.41) is 9.16. The number of benzene rings is 1. The molecule has 0 fully saturated rings. The lowest BCUT2D eigenvalue weighted by Gasteiger charge is -1.99. The molecule has 0 spiro atoms. The van der Waals surface area contributed by atoms with E-state index in [4.69, 9.17) is 5.11 Å². The van der Waals surface area contributed by atoms with E-state index in [9.17, 15) is 4.79 Å². The molecule has 1 rings (SSSR count). The molecule has 0 heterocycles. The number of Topliss-reactive ketones (excluding diaryl/α,β-unsaturated/α-hetero) is 1. The van der Waals surface area contributed by atoms with Crippen LogP contribution in [0.5, 0.6) is 5.75 Å². The molecule has 11 heavy (non-hydrogen) atoms. The average molecular weight is 149 g/mol. The summed E-state index contributed by atoms with van der Waals surface area (Å²) < 4.78 is 0. The van der Waals surface area contributed by atoms with Crippen molar-refractivity contribution in [1.29, 1.82) is 0 Å². The van der Waals surface area contributed by atoms with Crippen LogP contribution in [0.3, 0.4) is 0 Å². The summed E-state index contributed by atoms with van der Waals surface area (Å²) in [6.07, 6.45) is 0.178. The maximum atomic E-state index is 11.0. The smallest absolute Gasteiger partial charge is 0.166 e. The Morgan fingerprint density at radius 1 is 1.45 bits per heavy atom. The van der Waals surface area contributed by atoms with E-state index in [0.717, 1.165) is 0 Å². The van der Waals surface area contributed by atoms with E-state index in [1.165, 1.54) is 6.07 Å². The number of ketones is 1. The van der Waals surface area contributed by atoms with Crippen molar-refractivity contribution in [2.75, 3.05) is 0 Å². The molecule has 0 aromatic heterocycles. The fourth-order valence-corrected chi connectivity index (χ4v) is 0.844. The minimum absolute atomic E-state index is 0.0288. The van der Waals surface area contributed by atoms with Gasteiger partial charge >= 0.3 is 0 Å². The van der Waals surface area contributed by atoms with Gasteiger partial charge in [-0.25, -0.2) is 0 Å². The molecule has 0 saturated carbocycles. The van der Waals surface area contributed by atoms with E-state index >= 15 is 0 Å². The Morgan fingerprint density at radius 2 is 2.09 bits per heavy atom. The van der Waals surface area contributed by atoms with Gasteiger partial charge < -0.3 is 5.11 Å². The maximum absolute atomic E-state index is 11.0. The maximum Gasteiger partial charge on any atom is 0.166 e. The van der Waals surface area contributed by atoms with Crippen molar-refractivity contribution in [2.45, 2.75) is 6.42 Å². The van der Waals surface area contributed by atoms with Gasteiger partial charge in [0.25, 0.3) is 0 Å². The predicted molar refractivity (Wildman–Crippen MR) is 42.4 cm³/mol. The van der Waals surface area contributed by atoms with E-state index in [2.05, 4.69) is 6.92 Å². The van der Waals surface area contributed by atoms with Gasteiger partial charge in [-0.05, 0) is 19.1 Å². The lowest BCUT2D eigenvalue weighted by Crippen LogP contribution is -1.95. The fourth-order valence-electron chi connectivity index (χ4n) is 0.844. The van der Waals surface area contributed by atoms with Crippen LogP contribution >= 0.6 is 0 Å². The standard InChI is InChI=1S/C9H9O2/c1-2-8(10)7-5-3-4-6-9(7)11/h3-6,11H,1-2H2. The van der Waals surface area contributed by atoms with Crippen LogP contribution in [0.25, 0.3) is 0 Å². The van der Waals surface area contributed by atoms with E-state index < -0.39 is 0 Å². The Labute approximate surface area is 65.5 Å². The van der Waals surface area contributed by atoms with Crippen LogP contribution in [0.1, 0.15) is 16.8 Å². The Morgan fingerprint density at radius 3 is 2.64 bits per heavy atom. The van der Waals surface area contributed by atoms with Gasteiger partial charge in [-0.3, -0.25) is 4.79 Å². The minimum atomic E-state index is -0.136. The molecule has 2 nitrogen and oxygen atoms in total. The topological polar surface area (TPSA) is 37.3 Å². The number of hydrogen-bond donors (Lipinski definition) is 1. The zero-order valence-corrected chi connectivity index (χ0v) is 6.08. The first kappa shape index (κ1) is 7.79. The van der Waals surface area contributed by atoms with E-state index in [-0.39, 0.29) is 18.0 Å². The number of carbonyl (C=O) groups is 1. The summed E-state index contributed by atoms with van der Waals surface area (Å²) >= 11 is 0. The summed E-state index contributed by atoms with van der Waals surface area (Å²) in [5.41, 5.74) is 0.350. The summed E-state index contributed by atoms with van der Waals surface area (Å²) in [5.74, 6) is -0.107. The Balaban J connectivity index is 3.03. The quantitative estimate of drug-likeness (QED) is 0.651. The Kier molecular flexibility index (Phi) is 2.26. The monoisotopic (exact) mass is 149 g/mol. The molecule has 0 saturated heterocycles. The van der Waals surface area contributed by atoms with Crippen LogP contribution in [0.15, 0.2) is 24.3 Å². The molecule has 0 atom stereocenters. The SMILES string of the molecule is [CH2]CC(=O)c1ccccc1O. The highest BCUT2D eigenvalue weighted by atomic mass is 16.3. The summed E-state index contributed by atoms with van der Waals surface area (Å²) in [6, 6.07) is 6.46. The molecule has 57 valence electrons. The van der Waals surface area contributed by atoms with E-state index in [1.54, 1.807) is 18.2 Å². The van der Waals surface area contributed by atoms with E-state index in [1.807, 2.05) is 0 Å². The van der Waals surface area contributed by atoms with Crippen molar-refractivity contribution in [1.82, 2.24) is 0 Å². The fraction of sp³-hybridized carbons (Fsp3) is 0.111. The third-order valence-corrected chi connectivity index (χ3v) is 1.43. The van der Waals surface area contributed by atoms with Crippen molar-refractivity contribution >= 4 is 5.78 Å². The lowest BCUT2D eigenvalue weighted by molar-refractivity contribution is 0.0992. The van der Waals surface area contributed by atoms with Gasteiger partial charge in [-0.15, -0.1) is 0 Å². The van der Waals surface area contributed by atoms with Crippen molar-refractivity contribution < 1.29 is 9.90 Å². The third kappa shape index (κ3) is 1.58. The van der Waals surface area contributed by atoms with Gasteiger partial charge in [-0.1, -0.05) is 12.1 Å². The molecular weight excluding hydrogens is 140 g/mol. The van der Waals surface area contributed by atoms with Gasteiger partial charge in [-0.2, -0.15) is 0 Å². The molecule has 1 N–H and O–H groups in total. The molecule has 1 aromatic carbocycles. The highest BCUT2D eigenvalue weighted by Gasteiger charge is 2.06. The molecule has 0 amide bonds. The van der Waals surface area contributed by atoms with Crippen molar-refractivity contribution in [3.8, 4) is 5.75 Å². The molecular formula is C9H9O2. The average Bonchev–Trinajstić information content (AvgIpc) is 2.04. The number of phenolic OH excluding ortho intramolecular Hbond substituents is 1. The number of phenols is 1. The molecule has 1 radical (unpaired) electrons. The van der Waals surface area contributed by atoms with Crippen molar-refractivity contribution in [2.24, 2.45) is 0 Å². The Hall–Kier alpha value is -1.31. The van der Waals surface area contributed by atoms with Gasteiger partial charge in [0.05, 0.1) is 5.56 Å². The molecule has 0 aliphatic heterocycles. The van der Waals surface area contributed by atoms with Crippen LogP contribution in [0.4, 0.5) is 0 Å². The van der Waals surface area contributed by atoms with Crippen LogP contribution in [-0.4, -0.2) is 10.9 Å². The van der Waals surface area contributed by atoms with Gasteiger partial charge in [0.15, 0.2) is 5.78 Å². The lowest BCUT2D eigenvalue weighted by atomic mass is 10.1. The van der Waals surface area contributed by atoms with E-state index in [0.29, 0.717) is 5.56 Å². The van der Waals surface area contributed by atoms with Gasteiger partial charge in [0.2, 0.25) is 0 Å². The second kappa shape index (κ2) is 3.19. The molecule has 0 aliphatic carbocycles. The zero-order chi connectivity index (χ0) is 8.27. The van der Waals surface area contributed by atoms with Crippen molar-refractivity contribution in [3.05, 3.63) is 36.8 Å². The van der Waals surface area contributed by atoms with Crippen LogP contribution in [-0.2, 0) is 0 Å². The minimum Gasteiger partial charge on any atom is -0.507 e. The van der Waals surface area contributed by atoms with Gasteiger partial charge in [0, 0.05) is 6.42 Å². The molecule has 0 bridgehead atoms. The zero-order valence-electron chi connectivity index (χ0n) is 6.08. The predicted octanol–water partition coefficient (Wildman–Crippen LogP) is 1.80.